The predicted octanol–water partition coefficient (Wildman–Crippen LogP) is 2.02. The Morgan fingerprint density at radius 2 is 2.10 bits per heavy atom. The highest BCUT2D eigenvalue weighted by molar-refractivity contribution is 5.80. The number of hydrogen-bond donors (Lipinski definition) is 2. The molecule has 1 aliphatic rings. The van der Waals surface area contributed by atoms with E-state index in [4.69, 9.17) is 4.74 Å². The fraction of sp³-hybridized carbons (Fsp3) is 0.800. The number of piperidine rings is 1. The number of ether oxygens (including phenoxy) is 1. The van der Waals surface area contributed by atoms with Gasteiger partial charge in [0, 0.05) is 12.5 Å². The lowest BCUT2D eigenvalue weighted by molar-refractivity contribution is -0.127. The van der Waals surface area contributed by atoms with Gasteiger partial charge in [-0.05, 0) is 40.0 Å². The monoisotopic (exact) mass is 300 g/mol. The summed E-state index contributed by atoms with van der Waals surface area (Å²) in [6.07, 6.45) is 1.96. The third kappa shape index (κ3) is 8.32. The Morgan fingerprint density at radius 1 is 1.48 bits per heavy atom. The molecule has 0 aromatic carbocycles. The zero-order chi connectivity index (χ0) is 16.5. The van der Waals surface area contributed by atoms with Crippen molar-refractivity contribution in [3.63, 3.8) is 0 Å². The zero-order valence-electron chi connectivity index (χ0n) is 13.7. The van der Waals surface area contributed by atoms with Crippen LogP contribution in [0.25, 0.3) is 0 Å². The first kappa shape index (κ1) is 19.4. The average Bonchev–Trinajstić information content (AvgIpc) is 2.40. The van der Waals surface area contributed by atoms with Crippen LogP contribution in [0.4, 0.5) is 4.79 Å². The molecule has 2 atom stereocenters. The number of carbonyl (C=O) groups is 3. The number of hydrogen-bond acceptors (Lipinski definition) is 4. The Hall–Kier alpha value is -1.59. The summed E-state index contributed by atoms with van der Waals surface area (Å²) in [6.45, 7) is 9.92. The molecular formula is C15H28N2O4. The molecule has 1 rings (SSSR count). The molecule has 0 aromatic heterocycles. The lowest BCUT2D eigenvalue weighted by atomic mass is 9.92. The Morgan fingerprint density at radius 3 is 2.57 bits per heavy atom. The van der Waals surface area contributed by atoms with Crippen molar-refractivity contribution < 1.29 is 19.1 Å². The molecule has 1 heterocycles. The normalized spacial score (nSPS) is 19.5. The van der Waals surface area contributed by atoms with Crippen LogP contribution in [0.1, 0.15) is 53.9 Å². The van der Waals surface area contributed by atoms with Gasteiger partial charge in [0.15, 0.2) is 0 Å². The van der Waals surface area contributed by atoms with Gasteiger partial charge in [-0.3, -0.25) is 4.79 Å². The van der Waals surface area contributed by atoms with Crippen LogP contribution in [-0.2, 0) is 14.3 Å². The van der Waals surface area contributed by atoms with E-state index in [1.165, 1.54) is 0 Å². The first-order valence-electron chi connectivity index (χ1n) is 7.54. The van der Waals surface area contributed by atoms with Crippen molar-refractivity contribution in [2.45, 2.75) is 65.5 Å². The summed E-state index contributed by atoms with van der Waals surface area (Å²) in [5.41, 5.74) is -0.611. The summed E-state index contributed by atoms with van der Waals surface area (Å²) in [7, 11) is 0. The Bertz CT molecular complexity index is 350. The SMILES string of the molecule is CC.CC(C)(C)OC(=O)NC(C=O)CC1CCCNC1=O. The van der Waals surface area contributed by atoms with Crippen molar-refractivity contribution in [3.05, 3.63) is 0 Å². The summed E-state index contributed by atoms with van der Waals surface area (Å²) in [5.74, 6) is -0.275. The largest absolute Gasteiger partial charge is 0.444 e. The van der Waals surface area contributed by atoms with Crippen LogP contribution in [0.2, 0.25) is 0 Å². The number of aldehydes is 1. The van der Waals surface area contributed by atoms with Gasteiger partial charge in [0.1, 0.15) is 11.9 Å². The molecule has 2 N–H and O–H groups in total. The van der Waals surface area contributed by atoms with E-state index in [-0.39, 0.29) is 11.8 Å². The molecule has 1 aliphatic heterocycles. The van der Waals surface area contributed by atoms with Crippen LogP contribution in [0.5, 0.6) is 0 Å². The van der Waals surface area contributed by atoms with Crippen molar-refractivity contribution in [1.29, 1.82) is 0 Å². The van der Waals surface area contributed by atoms with E-state index in [9.17, 15) is 14.4 Å². The standard InChI is InChI=1S/C13H22N2O4.C2H6/c1-13(2,3)19-12(18)15-10(8-16)7-9-5-4-6-14-11(9)17;1-2/h8-10H,4-7H2,1-3H3,(H,14,17)(H,15,18);1-2H3. The third-order valence-corrected chi connectivity index (χ3v) is 2.80. The number of carbonyl (C=O) groups excluding carboxylic acids is 3. The van der Waals surface area contributed by atoms with Crippen LogP contribution in [0.15, 0.2) is 0 Å². The summed E-state index contributed by atoms with van der Waals surface area (Å²) < 4.78 is 5.08. The fourth-order valence-electron chi connectivity index (χ4n) is 1.97. The topological polar surface area (TPSA) is 84.5 Å². The molecule has 1 fully saturated rings. The second-order valence-corrected chi connectivity index (χ2v) is 5.75. The van der Waals surface area contributed by atoms with Crippen LogP contribution in [0, 0.1) is 5.92 Å². The summed E-state index contributed by atoms with van der Waals surface area (Å²) in [4.78, 5) is 34.1. The van der Waals surface area contributed by atoms with Gasteiger partial charge < -0.3 is 20.2 Å². The van der Waals surface area contributed by atoms with E-state index in [0.717, 1.165) is 12.8 Å². The van der Waals surface area contributed by atoms with Crippen molar-refractivity contribution >= 4 is 18.3 Å². The van der Waals surface area contributed by atoms with Crippen molar-refractivity contribution in [2.24, 2.45) is 5.92 Å². The molecule has 6 nitrogen and oxygen atoms in total. The minimum absolute atomic E-state index is 0.0518. The number of alkyl carbamates (subject to hydrolysis) is 1. The highest BCUT2D eigenvalue weighted by atomic mass is 16.6. The molecule has 122 valence electrons. The molecule has 0 aliphatic carbocycles. The van der Waals surface area contributed by atoms with Crippen molar-refractivity contribution in [3.8, 4) is 0 Å². The maximum absolute atomic E-state index is 11.6. The molecule has 6 heteroatoms. The van der Waals surface area contributed by atoms with Gasteiger partial charge in [-0.2, -0.15) is 0 Å². The number of rotatable bonds is 4. The molecule has 1 saturated heterocycles. The first-order valence-corrected chi connectivity index (χ1v) is 7.54. The van der Waals surface area contributed by atoms with Gasteiger partial charge in [0.05, 0.1) is 6.04 Å². The molecular weight excluding hydrogens is 272 g/mol. The highest BCUT2D eigenvalue weighted by Crippen LogP contribution is 2.17. The maximum Gasteiger partial charge on any atom is 0.408 e. The first-order chi connectivity index (χ1) is 9.81. The van der Waals surface area contributed by atoms with E-state index in [0.29, 0.717) is 19.3 Å². The van der Waals surface area contributed by atoms with E-state index in [2.05, 4.69) is 10.6 Å². The summed E-state index contributed by atoms with van der Waals surface area (Å²) >= 11 is 0. The van der Waals surface area contributed by atoms with Crippen molar-refractivity contribution in [1.82, 2.24) is 10.6 Å². The maximum atomic E-state index is 11.6. The van der Waals surface area contributed by atoms with Gasteiger partial charge in [0.2, 0.25) is 5.91 Å². The zero-order valence-corrected chi connectivity index (χ0v) is 13.7. The van der Waals surface area contributed by atoms with E-state index in [1.54, 1.807) is 20.8 Å². The minimum Gasteiger partial charge on any atom is -0.444 e. The lowest BCUT2D eigenvalue weighted by Crippen LogP contribution is -2.44. The molecule has 0 bridgehead atoms. The smallest absolute Gasteiger partial charge is 0.408 e. The van der Waals surface area contributed by atoms with E-state index >= 15 is 0 Å². The minimum atomic E-state index is -0.691. The molecule has 0 radical (unpaired) electrons. The Kier molecular flexibility index (Phi) is 8.66. The highest BCUT2D eigenvalue weighted by Gasteiger charge is 2.27. The predicted molar refractivity (Wildman–Crippen MR) is 80.9 cm³/mol. The van der Waals surface area contributed by atoms with Gasteiger partial charge in [-0.1, -0.05) is 13.8 Å². The van der Waals surface area contributed by atoms with Gasteiger partial charge in [0.25, 0.3) is 0 Å². The average molecular weight is 300 g/mol. The van der Waals surface area contributed by atoms with Gasteiger partial charge in [-0.15, -0.1) is 0 Å². The Balaban J connectivity index is 0.00000191. The Labute approximate surface area is 127 Å². The lowest BCUT2D eigenvalue weighted by Gasteiger charge is -2.25. The van der Waals surface area contributed by atoms with Crippen LogP contribution in [-0.4, -0.2) is 36.5 Å². The second-order valence-electron chi connectivity index (χ2n) is 5.75. The second kappa shape index (κ2) is 9.37. The molecule has 0 aromatic rings. The quantitative estimate of drug-likeness (QED) is 0.778. The summed E-state index contributed by atoms with van der Waals surface area (Å²) in [5, 5.41) is 5.24. The molecule has 0 spiro atoms. The van der Waals surface area contributed by atoms with Crippen molar-refractivity contribution in [2.75, 3.05) is 6.54 Å². The number of amides is 2. The molecule has 2 unspecified atom stereocenters. The number of nitrogens with one attached hydrogen (secondary N) is 2. The third-order valence-electron chi connectivity index (χ3n) is 2.80. The molecule has 21 heavy (non-hydrogen) atoms. The van der Waals surface area contributed by atoms with Gasteiger partial charge in [-0.25, -0.2) is 4.79 Å². The summed E-state index contributed by atoms with van der Waals surface area (Å²) in [6, 6.07) is -0.691. The van der Waals surface area contributed by atoms with Gasteiger partial charge >= 0.3 is 6.09 Å². The molecule has 2 amide bonds. The fourth-order valence-corrected chi connectivity index (χ4v) is 1.97. The molecule has 0 saturated carbocycles. The van der Waals surface area contributed by atoms with E-state index in [1.807, 2.05) is 13.8 Å². The van der Waals surface area contributed by atoms with Crippen LogP contribution >= 0.6 is 0 Å². The van der Waals surface area contributed by atoms with Crippen LogP contribution in [0.3, 0.4) is 0 Å². The van der Waals surface area contributed by atoms with E-state index < -0.39 is 17.7 Å². The van der Waals surface area contributed by atoms with Crippen LogP contribution < -0.4 is 10.6 Å².